The predicted octanol–water partition coefficient (Wildman–Crippen LogP) is 2.43. The van der Waals surface area contributed by atoms with E-state index >= 15 is 0 Å². The van der Waals surface area contributed by atoms with Crippen LogP contribution in [0.1, 0.15) is 5.56 Å². The van der Waals surface area contributed by atoms with Gasteiger partial charge in [-0.25, -0.2) is 0 Å². The molecule has 2 aliphatic rings. The monoisotopic (exact) mass is 262 g/mol. The summed E-state index contributed by atoms with van der Waals surface area (Å²) >= 11 is 0. The number of benzene rings is 2. The van der Waals surface area contributed by atoms with Gasteiger partial charge in [-0.3, -0.25) is 14.9 Å². The second-order valence-corrected chi connectivity index (χ2v) is 5.05. The Kier molecular flexibility index (Phi) is 2.28. The summed E-state index contributed by atoms with van der Waals surface area (Å²) in [6, 6.07) is 18.1. The molecule has 1 atom stereocenters. The summed E-state index contributed by atoms with van der Waals surface area (Å²) in [4.78, 5) is 11.1. The zero-order chi connectivity index (χ0) is 13.6. The Hall–Kier alpha value is -2.46. The van der Waals surface area contributed by atoms with Crippen LogP contribution in [0.25, 0.3) is 0 Å². The van der Waals surface area contributed by atoms with Gasteiger partial charge in [0.2, 0.25) is 0 Å². The normalized spacial score (nSPS) is 23.2. The molecule has 0 bridgehead atoms. The fourth-order valence-corrected chi connectivity index (χ4v) is 2.82. The van der Waals surface area contributed by atoms with E-state index in [4.69, 9.17) is 5.73 Å². The molecule has 1 unspecified atom stereocenters. The average molecular weight is 262 g/mol. The fourth-order valence-electron chi connectivity index (χ4n) is 2.82. The third kappa shape index (κ3) is 1.45. The van der Waals surface area contributed by atoms with Crippen LogP contribution < -0.4 is 10.6 Å². The van der Waals surface area contributed by atoms with Crippen molar-refractivity contribution in [3.05, 3.63) is 60.2 Å². The van der Waals surface area contributed by atoms with Crippen LogP contribution in [0.2, 0.25) is 0 Å². The third-order valence-corrected chi connectivity index (χ3v) is 3.83. The highest BCUT2D eigenvalue weighted by atomic mass is 15.4. The minimum absolute atomic E-state index is 0.534. The van der Waals surface area contributed by atoms with E-state index < -0.39 is 5.66 Å². The van der Waals surface area contributed by atoms with Crippen molar-refractivity contribution in [2.75, 3.05) is 11.4 Å². The maximum absolute atomic E-state index is 6.70. The van der Waals surface area contributed by atoms with Gasteiger partial charge in [0.15, 0.2) is 0 Å². The Bertz CT molecular complexity index is 720. The maximum atomic E-state index is 6.70. The first-order chi connectivity index (χ1) is 9.79. The standard InChI is InChI=1S/C16H14N4/c17-16(12-6-2-1-3-7-12)11-19-15-10-18-13-8-4-5-9-14(13)20(15)16/h1-10H,11,17H2. The molecule has 4 nitrogen and oxygen atoms in total. The molecule has 0 amide bonds. The lowest BCUT2D eigenvalue weighted by atomic mass is 9.98. The van der Waals surface area contributed by atoms with Gasteiger partial charge >= 0.3 is 0 Å². The first-order valence-electron chi connectivity index (χ1n) is 6.61. The highest BCUT2D eigenvalue weighted by molar-refractivity contribution is 6.39. The largest absolute Gasteiger partial charge is 0.303 e. The number of nitrogens with zero attached hydrogens (tertiary/aromatic N) is 3. The highest BCUT2D eigenvalue weighted by Gasteiger charge is 2.43. The molecular formula is C16H14N4. The number of amidine groups is 1. The molecule has 0 spiro atoms. The lowest BCUT2D eigenvalue weighted by Crippen LogP contribution is -2.55. The molecule has 2 aromatic rings. The molecule has 0 saturated heterocycles. The summed E-state index contributed by atoms with van der Waals surface area (Å²) in [5.41, 5.74) is 9.06. The number of fused-ring (bicyclic) bond motifs is 3. The minimum atomic E-state index is -0.640. The summed E-state index contributed by atoms with van der Waals surface area (Å²) < 4.78 is 0. The number of anilines is 1. The van der Waals surface area contributed by atoms with E-state index in [1.165, 1.54) is 0 Å². The number of hydrogen-bond acceptors (Lipinski definition) is 4. The van der Waals surface area contributed by atoms with Gasteiger partial charge in [0, 0.05) is 0 Å². The zero-order valence-corrected chi connectivity index (χ0v) is 10.9. The van der Waals surface area contributed by atoms with Crippen LogP contribution >= 0.6 is 0 Å². The molecule has 0 fully saturated rings. The summed E-state index contributed by atoms with van der Waals surface area (Å²) in [5, 5.41) is 0. The smallest absolute Gasteiger partial charge is 0.148 e. The summed E-state index contributed by atoms with van der Waals surface area (Å²) in [7, 11) is 0. The van der Waals surface area contributed by atoms with Crippen LogP contribution in [0.4, 0.5) is 11.4 Å². The Morgan fingerprint density at radius 3 is 2.60 bits per heavy atom. The van der Waals surface area contributed by atoms with Crippen LogP contribution in [0.3, 0.4) is 0 Å². The molecule has 0 aliphatic carbocycles. The van der Waals surface area contributed by atoms with Crippen molar-refractivity contribution in [2.24, 2.45) is 15.7 Å². The van der Waals surface area contributed by atoms with Crippen molar-refractivity contribution in [2.45, 2.75) is 5.66 Å². The first-order valence-corrected chi connectivity index (χ1v) is 6.61. The predicted molar refractivity (Wildman–Crippen MR) is 81.7 cm³/mol. The van der Waals surface area contributed by atoms with Crippen LogP contribution in [0.15, 0.2) is 64.6 Å². The van der Waals surface area contributed by atoms with E-state index in [-0.39, 0.29) is 0 Å². The van der Waals surface area contributed by atoms with Gasteiger partial charge in [-0.05, 0) is 17.7 Å². The van der Waals surface area contributed by atoms with Crippen molar-refractivity contribution < 1.29 is 0 Å². The molecule has 4 rings (SSSR count). The second kappa shape index (κ2) is 4.02. The lowest BCUT2D eigenvalue weighted by molar-refractivity contribution is 0.503. The van der Waals surface area contributed by atoms with Crippen LogP contribution in [-0.2, 0) is 5.66 Å². The van der Waals surface area contributed by atoms with E-state index in [0.29, 0.717) is 6.54 Å². The Balaban J connectivity index is 1.89. The van der Waals surface area contributed by atoms with E-state index in [1.54, 1.807) is 6.21 Å². The van der Waals surface area contributed by atoms with Crippen LogP contribution in [0.5, 0.6) is 0 Å². The molecule has 0 radical (unpaired) electrons. The van der Waals surface area contributed by atoms with Crippen molar-refractivity contribution in [3.63, 3.8) is 0 Å². The quantitative estimate of drug-likeness (QED) is 0.858. The molecule has 20 heavy (non-hydrogen) atoms. The molecule has 4 heteroatoms. The SMILES string of the molecule is NC1(c2ccccc2)CN=C2C=Nc3ccccc3N21. The van der Waals surface area contributed by atoms with Gasteiger partial charge in [0.1, 0.15) is 11.5 Å². The second-order valence-electron chi connectivity index (χ2n) is 5.05. The van der Waals surface area contributed by atoms with Gasteiger partial charge < -0.3 is 5.73 Å². The van der Waals surface area contributed by atoms with E-state index in [9.17, 15) is 0 Å². The molecule has 0 aromatic heterocycles. The highest BCUT2D eigenvalue weighted by Crippen LogP contribution is 2.40. The topological polar surface area (TPSA) is 54.0 Å². The summed E-state index contributed by atoms with van der Waals surface area (Å²) in [5.74, 6) is 0.829. The summed E-state index contributed by atoms with van der Waals surface area (Å²) in [6.07, 6.45) is 1.79. The average Bonchev–Trinajstić information content (AvgIpc) is 2.87. The third-order valence-electron chi connectivity index (χ3n) is 3.83. The van der Waals surface area contributed by atoms with Gasteiger partial charge in [0.25, 0.3) is 0 Å². The number of rotatable bonds is 1. The zero-order valence-electron chi connectivity index (χ0n) is 10.9. The van der Waals surface area contributed by atoms with Gasteiger partial charge in [-0.2, -0.15) is 0 Å². The molecule has 2 heterocycles. The Morgan fingerprint density at radius 1 is 1.00 bits per heavy atom. The van der Waals surface area contributed by atoms with Crippen molar-refractivity contribution in [1.82, 2.24) is 0 Å². The molecule has 0 saturated carbocycles. The lowest BCUT2D eigenvalue weighted by Gasteiger charge is -2.38. The molecular weight excluding hydrogens is 248 g/mol. The van der Waals surface area contributed by atoms with Gasteiger partial charge in [0.05, 0.1) is 24.1 Å². The van der Waals surface area contributed by atoms with E-state index in [1.807, 2.05) is 54.6 Å². The van der Waals surface area contributed by atoms with Crippen molar-refractivity contribution >= 4 is 23.4 Å². The van der Waals surface area contributed by atoms with Crippen molar-refractivity contribution in [1.29, 1.82) is 0 Å². The van der Waals surface area contributed by atoms with Crippen LogP contribution in [-0.4, -0.2) is 18.6 Å². The number of para-hydroxylation sites is 2. The Labute approximate surface area is 117 Å². The first kappa shape index (κ1) is 11.4. The maximum Gasteiger partial charge on any atom is 0.148 e. The number of hydrogen-bond donors (Lipinski definition) is 1. The number of nitrogens with two attached hydrogens (primary N) is 1. The van der Waals surface area contributed by atoms with Crippen molar-refractivity contribution in [3.8, 4) is 0 Å². The van der Waals surface area contributed by atoms with E-state index in [2.05, 4.69) is 14.9 Å². The van der Waals surface area contributed by atoms with Crippen LogP contribution in [0, 0.1) is 0 Å². The Morgan fingerprint density at radius 2 is 1.75 bits per heavy atom. The van der Waals surface area contributed by atoms with E-state index in [0.717, 1.165) is 22.8 Å². The molecule has 2 aromatic carbocycles. The molecule has 2 aliphatic heterocycles. The fraction of sp³-hybridized carbons (Fsp3) is 0.125. The molecule has 98 valence electrons. The number of aliphatic imine (C=N–C) groups is 2. The van der Waals surface area contributed by atoms with Gasteiger partial charge in [-0.15, -0.1) is 0 Å². The molecule has 2 N–H and O–H groups in total. The minimum Gasteiger partial charge on any atom is -0.303 e. The van der Waals surface area contributed by atoms with Gasteiger partial charge in [-0.1, -0.05) is 42.5 Å². The summed E-state index contributed by atoms with van der Waals surface area (Å²) in [6.45, 7) is 0.534.